The number of nitrogens with zero attached hydrogens (tertiary/aromatic N) is 5. The van der Waals surface area contributed by atoms with Gasteiger partial charge in [-0.1, -0.05) is 11.6 Å². The van der Waals surface area contributed by atoms with E-state index >= 15 is 0 Å². The highest BCUT2D eigenvalue weighted by Gasteiger charge is 2.48. The molecule has 6 heterocycles. The second-order valence-corrected chi connectivity index (χ2v) is 12.5. The van der Waals surface area contributed by atoms with E-state index in [0.29, 0.717) is 49.4 Å². The third kappa shape index (κ3) is 5.86. The van der Waals surface area contributed by atoms with E-state index < -0.39 is 40.2 Å². The van der Waals surface area contributed by atoms with Crippen molar-refractivity contribution in [1.29, 1.82) is 0 Å². The molecule has 0 spiro atoms. The maximum Gasteiger partial charge on any atom is 0.419 e. The molecule has 3 fully saturated rings. The summed E-state index contributed by atoms with van der Waals surface area (Å²) in [5.41, 5.74) is 3.90. The molecule has 0 amide bonds. The molecule has 3 saturated heterocycles. The largest absolute Gasteiger partial charge is 0.461 e. The Morgan fingerprint density at radius 1 is 1.21 bits per heavy atom. The van der Waals surface area contributed by atoms with Crippen LogP contribution in [0.2, 0.25) is 5.15 Å². The lowest BCUT2D eigenvalue weighted by Gasteiger charge is -2.39. The molecule has 9 nitrogen and oxygen atoms in total. The van der Waals surface area contributed by atoms with Crippen LogP contribution in [0.15, 0.2) is 17.7 Å². The van der Waals surface area contributed by atoms with E-state index in [1.165, 1.54) is 0 Å². The Kier molecular flexibility index (Phi) is 7.71. The first-order valence-corrected chi connectivity index (χ1v) is 14.6. The molecular formula is C28H32ClF5N6O3. The van der Waals surface area contributed by atoms with Crippen LogP contribution in [0.1, 0.15) is 67.5 Å². The molecule has 15 heteroatoms. The van der Waals surface area contributed by atoms with E-state index in [4.69, 9.17) is 26.8 Å². The van der Waals surface area contributed by atoms with Crippen molar-refractivity contribution in [3.63, 3.8) is 0 Å². The number of β-amino-alcohol motifs (C(OH)–C–C–N with tert-alkyl or cyclic N) is 1. The average Bonchev–Trinajstić information content (AvgIpc) is 3.47. The SMILES string of the molecule is C[C@@]1(O)CCCN(c2nc(OC[C@@]34CCCN3CC(=C(F)F)C4)nc3c2CO[C@H](c2cc(N)nc(Cl)c2C(F)(F)F)C3)C1. The molecule has 3 N–H and O–H groups in total. The Balaban J connectivity index is 1.35. The molecular weight excluding hydrogens is 599 g/mol. The van der Waals surface area contributed by atoms with Gasteiger partial charge in [-0.05, 0) is 51.6 Å². The first-order chi connectivity index (χ1) is 20.2. The number of piperidine rings is 1. The van der Waals surface area contributed by atoms with Crippen molar-refractivity contribution in [3.05, 3.63) is 45.3 Å². The summed E-state index contributed by atoms with van der Waals surface area (Å²) >= 11 is 5.90. The van der Waals surface area contributed by atoms with Crippen LogP contribution in [-0.4, -0.2) is 68.9 Å². The highest BCUT2D eigenvalue weighted by atomic mass is 35.5. The minimum Gasteiger partial charge on any atom is -0.461 e. The van der Waals surface area contributed by atoms with Gasteiger partial charge in [0.05, 0.1) is 35.1 Å². The predicted molar refractivity (Wildman–Crippen MR) is 147 cm³/mol. The molecule has 0 radical (unpaired) electrons. The summed E-state index contributed by atoms with van der Waals surface area (Å²) in [5.74, 6) is 0.282. The molecule has 0 aromatic carbocycles. The standard InChI is InChI=1S/C28H32ClF5N6O3/c1-26(41)4-2-6-39(13-26)24-17-12-42-19(16-8-20(35)37-22(29)21(16)28(32,33)34)9-18(17)36-25(38-24)43-14-27-5-3-7-40(27)11-15(10-27)23(30)31/h8,19,41H,2-7,9-14H2,1H3,(H2,35,37)/t19-,26+,27-/m0/s1. The molecule has 2 aromatic heterocycles. The van der Waals surface area contributed by atoms with Crippen LogP contribution in [0.25, 0.3) is 0 Å². The number of hydrogen-bond donors (Lipinski definition) is 2. The van der Waals surface area contributed by atoms with Gasteiger partial charge in [-0.3, -0.25) is 4.90 Å². The van der Waals surface area contributed by atoms with Crippen LogP contribution in [0.3, 0.4) is 0 Å². The van der Waals surface area contributed by atoms with Gasteiger partial charge in [-0.15, -0.1) is 0 Å². The number of pyridine rings is 1. The molecule has 6 rings (SSSR count). The molecule has 4 aliphatic heterocycles. The fourth-order valence-corrected chi connectivity index (χ4v) is 7.22. The lowest BCUT2D eigenvalue weighted by molar-refractivity contribution is -0.140. The van der Waals surface area contributed by atoms with Gasteiger partial charge in [-0.2, -0.15) is 31.9 Å². The smallest absolute Gasteiger partial charge is 0.419 e. The zero-order chi connectivity index (χ0) is 30.7. The van der Waals surface area contributed by atoms with E-state index in [9.17, 15) is 27.1 Å². The molecule has 3 atom stereocenters. The quantitative estimate of drug-likeness (QED) is 0.346. The van der Waals surface area contributed by atoms with Crippen molar-refractivity contribution in [2.45, 2.75) is 75.5 Å². The summed E-state index contributed by atoms with van der Waals surface area (Å²) in [4.78, 5) is 16.8. The fourth-order valence-electron chi connectivity index (χ4n) is 6.91. The van der Waals surface area contributed by atoms with Gasteiger partial charge in [0, 0.05) is 42.8 Å². The van der Waals surface area contributed by atoms with Gasteiger partial charge in [0.2, 0.25) is 0 Å². The van der Waals surface area contributed by atoms with Crippen LogP contribution in [0.4, 0.5) is 33.6 Å². The highest BCUT2D eigenvalue weighted by molar-refractivity contribution is 6.30. The van der Waals surface area contributed by atoms with Crippen molar-refractivity contribution in [1.82, 2.24) is 19.9 Å². The number of rotatable bonds is 5. The lowest BCUT2D eigenvalue weighted by Crippen LogP contribution is -2.47. The summed E-state index contributed by atoms with van der Waals surface area (Å²) in [6.07, 6.45) is -4.63. The zero-order valence-corrected chi connectivity index (χ0v) is 24.2. The van der Waals surface area contributed by atoms with Gasteiger partial charge in [0.25, 0.3) is 6.08 Å². The number of hydrogen-bond acceptors (Lipinski definition) is 9. The number of fused-ring (bicyclic) bond motifs is 2. The van der Waals surface area contributed by atoms with Crippen molar-refractivity contribution < 1.29 is 36.5 Å². The summed E-state index contributed by atoms with van der Waals surface area (Å²) in [6, 6.07) is 1.09. The Labute approximate surface area is 249 Å². The molecule has 43 heavy (non-hydrogen) atoms. The summed E-state index contributed by atoms with van der Waals surface area (Å²) in [5, 5.41) is 10.0. The molecule has 0 bridgehead atoms. The monoisotopic (exact) mass is 630 g/mol. The van der Waals surface area contributed by atoms with Crippen LogP contribution in [0.5, 0.6) is 6.01 Å². The molecule has 234 valence electrons. The van der Waals surface area contributed by atoms with E-state index in [2.05, 4.69) is 15.0 Å². The summed E-state index contributed by atoms with van der Waals surface area (Å²) in [6.45, 7) is 3.42. The lowest BCUT2D eigenvalue weighted by atomic mass is 9.93. The molecule has 4 aliphatic rings. The van der Waals surface area contributed by atoms with Crippen molar-refractivity contribution in [2.75, 3.05) is 43.4 Å². The third-order valence-corrected chi connectivity index (χ3v) is 9.16. The van der Waals surface area contributed by atoms with Crippen molar-refractivity contribution in [3.8, 4) is 6.01 Å². The number of aliphatic hydroxyl groups is 1. The first-order valence-electron chi connectivity index (χ1n) is 14.2. The topological polar surface area (TPSA) is 110 Å². The van der Waals surface area contributed by atoms with Gasteiger partial charge in [-0.25, -0.2) is 4.98 Å². The Morgan fingerprint density at radius 3 is 2.70 bits per heavy atom. The van der Waals surface area contributed by atoms with Crippen molar-refractivity contribution >= 4 is 23.2 Å². The normalized spacial score (nSPS) is 27.8. The third-order valence-electron chi connectivity index (χ3n) is 8.89. The van der Waals surface area contributed by atoms with Gasteiger partial charge in [0.1, 0.15) is 23.4 Å². The maximum atomic E-state index is 14.0. The van der Waals surface area contributed by atoms with Crippen LogP contribution < -0.4 is 15.4 Å². The predicted octanol–water partition coefficient (Wildman–Crippen LogP) is 5.06. The second kappa shape index (κ2) is 11.0. The van der Waals surface area contributed by atoms with Crippen LogP contribution >= 0.6 is 11.6 Å². The number of nitrogen functional groups attached to an aromatic ring is 1. The van der Waals surface area contributed by atoms with Gasteiger partial charge < -0.3 is 25.2 Å². The van der Waals surface area contributed by atoms with E-state index in [-0.39, 0.29) is 62.1 Å². The first kappa shape index (κ1) is 30.2. The minimum absolute atomic E-state index is 0.0117. The number of alkyl halides is 3. The fraction of sp³-hybridized carbons (Fsp3) is 0.607. The van der Waals surface area contributed by atoms with E-state index in [1.807, 2.05) is 9.80 Å². The Bertz CT molecular complexity index is 1450. The van der Waals surface area contributed by atoms with Crippen molar-refractivity contribution in [2.24, 2.45) is 0 Å². The number of anilines is 2. The van der Waals surface area contributed by atoms with Crippen LogP contribution in [-0.2, 0) is 23.9 Å². The van der Waals surface area contributed by atoms with E-state index in [1.54, 1.807) is 6.92 Å². The van der Waals surface area contributed by atoms with Gasteiger partial charge in [0.15, 0.2) is 0 Å². The van der Waals surface area contributed by atoms with E-state index in [0.717, 1.165) is 12.5 Å². The van der Waals surface area contributed by atoms with Gasteiger partial charge >= 0.3 is 12.2 Å². The zero-order valence-electron chi connectivity index (χ0n) is 23.5. The van der Waals surface area contributed by atoms with Crippen LogP contribution in [0, 0.1) is 0 Å². The number of nitrogens with two attached hydrogens (primary N) is 1. The summed E-state index contributed by atoms with van der Waals surface area (Å²) < 4.78 is 81.1. The molecule has 0 saturated carbocycles. The maximum absolute atomic E-state index is 14.0. The second-order valence-electron chi connectivity index (χ2n) is 12.2. The Morgan fingerprint density at radius 2 is 1.98 bits per heavy atom. The summed E-state index contributed by atoms with van der Waals surface area (Å²) in [7, 11) is 0. The average molecular weight is 631 g/mol. The Hall–Kier alpha value is -2.81. The number of aromatic nitrogens is 3. The minimum atomic E-state index is -4.80. The number of ether oxygens (including phenoxy) is 2. The highest BCUT2D eigenvalue weighted by Crippen LogP contribution is 2.45. The molecule has 0 aliphatic carbocycles. The molecule has 2 aromatic rings. The number of halogens is 6. The molecule has 0 unspecified atom stereocenters.